The standard InChI is InChI=1S/C10H12N4O3S2/c1-5-4-6(2)12-9(11-5)14-19(16,17)8-7(3)13-10(15)18-8/h4H,1-3H3,(H,13,15)(H,11,12,14). The fraction of sp³-hybridized carbons (Fsp3) is 0.300. The van der Waals surface area contributed by atoms with Crippen LogP contribution in [-0.4, -0.2) is 23.4 Å². The normalized spacial score (nSPS) is 11.5. The zero-order valence-electron chi connectivity index (χ0n) is 10.5. The summed E-state index contributed by atoms with van der Waals surface area (Å²) in [6, 6.07) is 1.73. The van der Waals surface area contributed by atoms with Crippen LogP contribution in [0.25, 0.3) is 0 Å². The van der Waals surface area contributed by atoms with Crippen LogP contribution in [0.2, 0.25) is 0 Å². The van der Waals surface area contributed by atoms with E-state index in [0.717, 1.165) is 0 Å². The largest absolute Gasteiger partial charge is 0.315 e. The molecule has 0 unspecified atom stereocenters. The van der Waals surface area contributed by atoms with Crippen LogP contribution < -0.4 is 9.60 Å². The van der Waals surface area contributed by atoms with Crippen LogP contribution in [0.4, 0.5) is 5.95 Å². The lowest BCUT2D eigenvalue weighted by Gasteiger charge is -2.06. The molecule has 7 nitrogen and oxygen atoms in total. The number of hydrogen-bond donors (Lipinski definition) is 2. The van der Waals surface area contributed by atoms with Crippen molar-refractivity contribution in [1.29, 1.82) is 0 Å². The second kappa shape index (κ2) is 4.74. The van der Waals surface area contributed by atoms with Crippen molar-refractivity contribution in [3.05, 3.63) is 32.8 Å². The molecule has 0 bridgehead atoms. The number of nitrogens with zero attached hydrogens (tertiary/aromatic N) is 2. The zero-order valence-corrected chi connectivity index (χ0v) is 12.1. The summed E-state index contributed by atoms with van der Waals surface area (Å²) in [6.07, 6.45) is 0. The van der Waals surface area contributed by atoms with Gasteiger partial charge in [0.15, 0.2) is 4.21 Å². The first-order valence-corrected chi connectivity index (χ1v) is 7.63. The fourth-order valence-electron chi connectivity index (χ4n) is 1.58. The number of hydrogen-bond acceptors (Lipinski definition) is 6. The molecule has 0 aliphatic heterocycles. The van der Waals surface area contributed by atoms with E-state index in [0.29, 0.717) is 28.4 Å². The Labute approximate surface area is 113 Å². The smallest absolute Gasteiger partial charge is 0.306 e. The summed E-state index contributed by atoms with van der Waals surface area (Å²) in [5, 5.41) is 0. The molecular weight excluding hydrogens is 288 g/mol. The Hall–Kier alpha value is -1.74. The average Bonchev–Trinajstić information content (AvgIpc) is 2.56. The van der Waals surface area contributed by atoms with E-state index in [1.54, 1.807) is 19.9 Å². The van der Waals surface area contributed by atoms with Crippen molar-refractivity contribution in [2.45, 2.75) is 25.0 Å². The maximum Gasteiger partial charge on any atom is 0.306 e. The molecule has 0 aliphatic carbocycles. The SMILES string of the molecule is Cc1cc(C)nc(NS(=O)(=O)c2sc(=O)[nH]c2C)n1. The first kappa shape index (κ1) is 13.7. The van der Waals surface area contributed by atoms with Crippen LogP contribution in [0.3, 0.4) is 0 Å². The van der Waals surface area contributed by atoms with Crippen LogP contribution in [0, 0.1) is 20.8 Å². The number of sulfonamides is 1. The number of H-pyrrole nitrogens is 1. The van der Waals surface area contributed by atoms with Gasteiger partial charge in [0, 0.05) is 17.1 Å². The predicted octanol–water partition coefficient (Wildman–Crippen LogP) is 0.952. The number of rotatable bonds is 3. The van der Waals surface area contributed by atoms with Gasteiger partial charge in [-0.2, -0.15) is 0 Å². The molecule has 19 heavy (non-hydrogen) atoms. The molecule has 0 saturated carbocycles. The summed E-state index contributed by atoms with van der Waals surface area (Å²) in [7, 11) is -3.84. The molecule has 0 fully saturated rings. The van der Waals surface area contributed by atoms with Crippen molar-refractivity contribution < 1.29 is 8.42 Å². The molecule has 0 aliphatic rings. The molecule has 0 spiro atoms. The van der Waals surface area contributed by atoms with Gasteiger partial charge in [-0.15, -0.1) is 0 Å². The fourth-order valence-corrected chi connectivity index (χ4v) is 3.83. The van der Waals surface area contributed by atoms with E-state index in [2.05, 4.69) is 19.7 Å². The van der Waals surface area contributed by atoms with Crippen molar-refractivity contribution in [3.8, 4) is 0 Å². The molecule has 2 N–H and O–H groups in total. The number of anilines is 1. The lowest BCUT2D eigenvalue weighted by molar-refractivity contribution is 0.602. The Morgan fingerprint density at radius 1 is 1.21 bits per heavy atom. The van der Waals surface area contributed by atoms with Gasteiger partial charge in [-0.05, 0) is 26.8 Å². The van der Waals surface area contributed by atoms with Gasteiger partial charge in [0.25, 0.3) is 10.0 Å². The highest BCUT2D eigenvalue weighted by molar-refractivity contribution is 7.94. The first-order valence-electron chi connectivity index (χ1n) is 5.33. The molecular formula is C10H12N4O3S2. The van der Waals surface area contributed by atoms with E-state index in [1.807, 2.05) is 0 Å². The van der Waals surface area contributed by atoms with Gasteiger partial charge in [-0.25, -0.2) is 23.1 Å². The van der Waals surface area contributed by atoms with Gasteiger partial charge in [0.1, 0.15) is 0 Å². The number of nitrogens with one attached hydrogen (secondary N) is 2. The third-order valence-electron chi connectivity index (χ3n) is 2.23. The highest BCUT2D eigenvalue weighted by atomic mass is 32.2. The van der Waals surface area contributed by atoms with Gasteiger partial charge in [-0.3, -0.25) is 4.79 Å². The number of aryl methyl sites for hydroxylation is 3. The van der Waals surface area contributed by atoms with E-state index in [1.165, 1.54) is 6.92 Å². The van der Waals surface area contributed by atoms with Gasteiger partial charge in [0.2, 0.25) is 5.95 Å². The zero-order chi connectivity index (χ0) is 14.2. The second-order valence-corrected chi connectivity index (χ2v) is 6.87. The van der Waals surface area contributed by atoms with Gasteiger partial charge in [-0.1, -0.05) is 11.3 Å². The summed E-state index contributed by atoms with van der Waals surface area (Å²) in [5.74, 6) is -0.00208. The van der Waals surface area contributed by atoms with Crippen LogP contribution in [0.15, 0.2) is 15.1 Å². The lowest BCUT2D eigenvalue weighted by atomic mass is 10.4. The van der Waals surface area contributed by atoms with Crippen LogP contribution in [0.5, 0.6) is 0 Å². The van der Waals surface area contributed by atoms with Crippen molar-refractivity contribution in [3.63, 3.8) is 0 Å². The molecule has 9 heteroatoms. The molecule has 2 aromatic heterocycles. The predicted molar refractivity (Wildman–Crippen MR) is 72.0 cm³/mol. The Balaban J connectivity index is 2.42. The van der Waals surface area contributed by atoms with Gasteiger partial charge in [0.05, 0.1) is 0 Å². The minimum atomic E-state index is -3.84. The minimum Gasteiger partial charge on any atom is -0.315 e. The lowest BCUT2D eigenvalue weighted by Crippen LogP contribution is -2.15. The maximum absolute atomic E-state index is 12.1. The molecule has 0 atom stereocenters. The summed E-state index contributed by atoms with van der Waals surface area (Å²) >= 11 is 0.632. The van der Waals surface area contributed by atoms with E-state index >= 15 is 0 Å². The molecule has 0 saturated heterocycles. The van der Waals surface area contributed by atoms with Crippen LogP contribution in [0.1, 0.15) is 17.1 Å². The summed E-state index contributed by atoms with van der Waals surface area (Å²) in [6.45, 7) is 5.01. The third-order valence-corrected chi connectivity index (χ3v) is 5.17. The van der Waals surface area contributed by atoms with E-state index in [4.69, 9.17) is 0 Å². The van der Waals surface area contributed by atoms with Crippen molar-refractivity contribution >= 4 is 27.3 Å². The van der Waals surface area contributed by atoms with Gasteiger partial charge < -0.3 is 4.98 Å². The summed E-state index contributed by atoms with van der Waals surface area (Å²) < 4.78 is 26.5. The molecule has 2 rings (SSSR count). The Morgan fingerprint density at radius 3 is 2.26 bits per heavy atom. The first-order chi connectivity index (χ1) is 8.78. The molecule has 0 aromatic carbocycles. The molecule has 2 aromatic rings. The maximum atomic E-state index is 12.1. The topological polar surface area (TPSA) is 105 Å². The quantitative estimate of drug-likeness (QED) is 0.878. The summed E-state index contributed by atoms with van der Waals surface area (Å²) in [5.41, 5.74) is 1.61. The Bertz CT molecular complexity index is 756. The van der Waals surface area contributed by atoms with E-state index in [9.17, 15) is 13.2 Å². The summed E-state index contributed by atoms with van der Waals surface area (Å²) in [4.78, 5) is 21.2. The highest BCUT2D eigenvalue weighted by Crippen LogP contribution is 2.18. The van der Waals surface area contributed by atoms with Gasteiger partial charge >= 0.3 is 4.87 Å². The Kier molecular flexibility index (Phi) is 3.42. The monoisotopic (exact) mass is 300 g/mol. The molecule has 102 valence electrons. The van der Waals surface area contributed by atoms with Crippen molar-refractivity contribution in [2.75, 3.05) is 4.72 Å². The number of aromatic nitrogens is 3. The molecule has 2 heterocycles. The van der Waals surface area contributed by atoms with E-state index < -0.39 is 14.9 Å². The van der Waals surface area contributed by atoms with E-state index in [-0.39, 0.29) is 10.2 Å². The highest BCUT2D eigenvalue weighted by Gasteiger charge is 2.21. The van der Waals surface area contributed by atoms with Crippen LogP contribution >= 0.6 is 11.3 Å². The average molecular weight is 300 g/mol. The molecule has 0 amide bonds. The van der Waals surface area contributed by atoms with Crippen molar-refractivity contribution in [1.82, 2.24) is 15.0 Å². The minimum absolute atomic E-state index is 0.00208. The molecule has 0 radical (unpaired) electrons. The third kappa shape index (κ3) is 2.99. The Morgan fingerprint density at radius 2 is 1.79 bits per heavy atom. The number of aromatic amines is 1. The number of thiazole rings is 1. The van der Waals surface area contributed by atoms with Crippen molar-refractivity contribution in [2.24, 2.45) is 0 Å². The second-order valence-electron chi connectivity index (χ2n) is 4.01. The van der Waals surface area contributed by atoms with Crippen LogP contribution in [-0.2, 0) is 10.0 Å².